The van der Waals surface area contributed by atoms with Gasteiger partial charge in [-0.2, -0.15) is 9.97 Å². The van der Waals surface area contributed by atoms with Gasteiger partial charge in [0.15, 0.2) is 5.82 Å². The number of amides is 1. The first-order chi connectivity index (χ1) is 16.9. The van der Waals surface area contributed by atoms with Crippen LogP contribution in [0.5, 0.6) is 6.01 Å². The number of nitrogens with one attached hydrogen (secondary N) is 2. The number of methoxy groups -OCH3 is 1. The molecule has 1 aliphatic rings. The van der Waals surface area contributed by atoms with E-state index in [1.807, 2.05) is 6.07 Å². The van der Waals surface area contributed by atoms with Crippen LogP contribution in [0.4, 0.5) is 20.3 Å². The van der Waals surface area contributed by atoms with Crippen molar-refractivity contribution in [2.45, 2.75) is 25.8 Å². The van der Waals surface area contributed by atoms with Gasteiger partial charge < -0.3 is 21.1 Å². The van der Waals surface area contributed by atoms with Crippen molar-refractivity contribution in [3.63, 3.8) is 0 Å². The van der Waals surface area contributed by atoms with E-state index in [9.17, 15) is 13.6 Å². The van der Waals surface area contributed by atoms with Crippen LogP contribution in [0.15, 0.2) is 36.4 Å². The zero-order valence-corrected chi connectivity index (χ0v) is 18.9. The summed E-state index contributed by atoms with van der Waals surface area (Å²) in [5, 5.41) is 6.64. The molecule has 2 aromatic carbocycles. The van der Waals surface area contributed by atoms with Gasteiger partial charge in [-0.1, -0.05) is 12.1 Å². The second kappa shape index (κ2) is 9.16. The highest BCUT2D eigenvalue weighted by molar-refractivity contribution is 6.04. The zero-order valence-electron chi connectivity index (χ0n) is 18.9. The van der Waals surface area contributed by atoms with Crippen LogP contribution in [0.1, 0.15) is 34.5 Å². The number of fused-ring (bicyclic) bond motifs is 2. The molecule has 35 heavy (non-hydrogen) atoms. The van der Waals surface area contributed by atoms with Gasteiger partial charge in [-0.25, -0.2) is 18.3 Å². The third-order valence-electron chi connectivity index (χ3n) is 5.81. The SMILES string of the molecule is COc1nc2c(C(N)=O)cc(F)cc2n1-c1nc2c(c(NCc3cccc(F)c3)n1)NCCCC2. The number of halogens is 2. The van der Waals surface area contributed by atoms with Gasteiger partial charge in [0.05, 0.1) is 29.6 Å². The number of nitrogens with zero attached hydrogens (tertiary/aromatic N) is 4. The lowest BCUT2D eigenvalue weighted by Crippen LogP contribution is -2.14. The third kappa shape index (κ3) is 4.32. The lowest BCUT2D eigenvalue weighted by Gasteiger charge is -2.17. The van der Waals surface area contributed by atoms with E-state index < -0.39 is 11.7 Å². The highest BCUT2D eigenvalue weighted by atomic mass is 19.1. The fourth-order valence-electron chi connectivity index (χ4n) is 4.19. The molecule has 5 rings (SSSR count). The number of primary amides is 1. The van der Waals surface area contributed by atoms with Crippen molar-refractivity contribution >= 4 is 28.4 Å². The van der Waals surface area contributed by atoms with E-state index in [2.05, 4.69) is 15.6 Å². The zero-order chi connectivity index (χ0) is 24.5. The molecule has 0 bridgehead atoms. The number of imidazole rings is 1. The largest absolute Gasteiger partial charge is 0.468 e. The first-order valence-corrected chi connectivity index (χ1v) is 11.1. The van der Waals surface area contributed by atoms with Crippen LogP contribution in [-0.4, -0.2) is 39.1 Å². The molecule has 11 heteroatoms. The van der Waals surface area contributed by atoms with Crippen molar-refractivity contribution in [2.24, 2.45) is 5.73 Å². The smallest absolute Gasteiger partial charge is 0.304 e. The maximum atomic E-state index is 14.4. The van der Waals surface area contributed by atoms with Crippen molar-refractivity contribution in [2.75, 3.05) is 24.3 Å². The topological polar surface area (TPSA) is 120 Å². The van der Waals surface area contributed by atoms with Gasteiger partial charge in [0.25, 0.3) is 5.91 Å². The van der Waals surface area contributed by atoms with Crippen LogP contribution < -0.4 is 21.1 Å². The van der Waals surface area contributed by atoms with E-state index in [0.29, 0.717) is 18.8 Å². The first kappa shape index (κ1) is 22.5. The molecule has 0 radical (unpaired) electrons. The number of benzene rings is 2. The minimum atomic E-state index is -0.814. The Balaban J connectivity index is 1.67. The van der Waals surface area contributed by atoms with Crippen LogP contribution in [-0.2, 0) is 13.0 Å². The van der Waals surface area contributed by atoms with E-state index in [0.717, 1.165) is 42.4 Å². The van der Waals surface area contributed by atoms with Crippen LogP contribution >= 0.6 is 0 Å². The number of aryl methyl sites for hydroxylation is 1. The summed E-state index contributed by atoms with van der Waals surface area (Å²) in [6.45, 7) is 1.08. The molecule has 0 fully saturated rings. The second-order valence-electron chi connectivity index (χ2n) is 8.18. The Morgan fingerprint density at radius 2 is 2.03 bits per heavy atom. The number of ether oxygens (including phenoxy) is 1. The molecule has 0 unspecified atom stereocenters. The van der Waals surface area contributed by atoms with Crippen molar-refractivity contribution in [1.29, 1.82) is 0 Å². The monoisotopic (exact) mass is 479 g/mol. The maximum absolute atomic E-state index is 14.4. The van der Waals surface area contributed by atoms with Crippen molar-refractivity contribution < 1.29 is 18.3 Å². The highest BCUT2D eigenvalue weighted by Crippen LogP contribution is 2.32. The summed E-state index contributed by atoms with van der Waals surface area (Å²) in [7, 11) is 1.41. The normalized spacial score (nSPS) is 13.1. The minimum absolute atomic E-state index is 0.0714. The van der Waals surface area contributed by atoms with Gasteiger partial charge in [0.2, 0.25) is 5.95 Å². The van der Waals surface area contributed by atoms with Crippen LogP contribution in [0.25, 0.3) is 17.0 Å². The maximum Gasteiger partial charge on any atom is 0.304 e. The van der Waals surface area contributed by atoms with Gasteiger partial charge in [0, 0.05) is 19.2 Å². The Labute approximate surface area is 199 Å². The van der Waals surface area contributed by atoms with E-state index in [4.69, 9.17) is 20.4 Å². The summed E-state index contributed by atoms with van der Waals surface area (Å²) < 4.78 is 35.0. The molecule has 9 nitrogen and oxygen atoms in total. The van der Waals surface area contributed by atoms with Gasteiger partial charge >= 0.3 is 6.01 Å². The number of hydrogen-bond donors (Lipinski definition) is 3. The molecule has 0 aliphatic carbocycles. The standard InChI is InChI=1S/C24H23F2N7O2/c1-35-24-31-19-16(21(27)34)10-15(26)11-18(19)33(24)23-30-17-7-2-3-8-28-20(17)22(32-23)29-12-13-5-4-6-14(25)9-13/h4-6,9-11,28H,2-3,7-8,12H2,1H3,(H2,27,34)(H,29,30,32). The number of hydrogen-bond acceptors (Lipinski definition) is 7. The number of carbonyl (C=O) groups is 1. The molecule has 0 saturated carbocycles. The predicted molar refractivity (Wildman–Crippen MR) is 127 cm³/mol. The van der Waals surface area contributed by atoms with Gasteiger partial charge in [-0.05, 0) is 43.0 Å². The first-order valence-electron chi connectivity index (χ1n) is 11.1. The highest BCUT2D eigenvalue weighted by Gasteiger charge is 2.24. The Morgan fingerprint density at radius 3 is 2.80 bits per heavy atom. The molecule has 0 spiro atoms. The lowest BCUT2D eigenvalue weighted by molar-refractivity contribution is 0.100. The van der Waals surface area contributed by atoms with Crippen LogP contribution in [0.2, 0.25) is 0 Å². The number of anilines is 2. The minimum Gasteiger partial charge on any atom is -0.468 e. The molecule has 2 aromatic heterocycles. The fourth-order valence-corrected chi connectivity index (χ4v) is 4.19. The fraction of sp³-hybridized carbons (Fsp3) is 0.250. The molecule has 0 saturated heterocycles. The molecule has 180 valence electrons. The number of nitrogens with two attached hydrogens (primary N) is 1. The van der Waals surface area contributed by atoms with Gasteiger partial charge in [-0.3, -0.25) is 4.79 Å². The average molecular weight is 479 g/mol. The van der Waals surface area contributed by atoms with Crippen LogP contribution in [0.3, 0.4) is 0 Å². The number of rotatable bonds is 6. The molecule has 1 amide bonds. The quantitative estimate of drug-likeness (QED) is 0.387. The Hall–Kier alpha value is -4.28. The molecular weight excluding hydrogens is 456 g/mol. The molecule has 1 aliphatic heterocycles. The lowest BCUT2D eigenvalue weighted by atomic mass is 10.1. The summed E-state index contributed by atoms with van der Waals surface area (Å²) >= 11 is 0. The summed E-state index contributed by atoms with van der Waals surface area (Å²) in [6, 6.07) is 8.62. The molecule has 0 atom stereocenters. The average Bonchev–Trinajstić information content (AvgIpc) is 3.03. The number of carbonyl (C=O) groups excluding carboxylic acids is 1. The molecule has 4 aromatic rings. The van der Waals surface area contributed by atoms with Gasteiger partial charge in [0.1, 0.15) is 17.2 Å². The van der Waals surface area contributed by atoms with Crippen molar-refractivity contribution in [1.82, 2.24) is 19.5 Å². The third-order valence-corrected chi connectivity index (χ3v) is 5.81. The summed E-state index contributed by atoms with van der Waals surface area (Å²) in [6.07, 6.45) is 2.57. The van der Waals surface area contributed by atoms with Crippen LogP contribution in [0, 0.1) is 11.6 Å². The predicted octanol–water partition coefficient (Wildman–Crippen LogP) is 3.56. The summed E-state index contributed by atoms with van der Waals surface area (Å²) in [5.41, 5.74) is 8.08. The van der Waals surface area contributed by atoms with E-state index in [1.54, 1.807) is 6.07 Å². The van der Waals surface area contributed by atoms with E-state index in [1.165, 1.54) is 29.9 Å². The van der Waals surface area contributed by atoms with E-state index >= 15 is 0 Å². The molecule has 4 N–H and O–H groups in total. The molecular formula is C24H23F2N7O2. The summed E-state index contributed by atoms with van der Waals surface area (Å²) in [5.74, 6) is -1.10. The Kier molecular flexibility index (Phi) is 5.89. The molecule has 3 heterocycles. The van der Waals surface area contributed by atoms with Crippen molar-refractivity contribution in [3.05, 3.63) is 64.9 Å². The second-order valence-corrected chi connectivity index (χ2v) is 8.18. The number of aromatic nitrogens is 4. The van der Waals surface area contributed by atoms with Crippen molar-refractivity contribution in [3.8, 4) is 12.0 Å². The van der Waals surface area contributed by atoms with Gasteiger partial charge in [-0.15, -0.1) is 0 Å². The Bertz CT molecular complexity index is 1440. The van der Waals surface area contributed by atoms with E-state index in [-0.39, 0.29) is 34.4 Å². The Morgan fingerprint density at radius 1 is 1.17 bits per heavy atom. The summed E-state index contributed by atoms with van der Waals surface area (Å²) in [4.78, 5) is 25.7.